The van der Waals surface area contributed by atoms with Crippen LogP contribution in [0.25, 0.3) is 0 Å². The lowest BCUT2D eigenvalue weighted by Gasteiger charge is -2.30. The topological polar surface area (TPSA) is 0 Å². The summed E-state index contributed by atoms with van der Waals surface area (Å²) < 4.78 is 0. The van der Waals surface area contributed by atoms with Gasteiger partial charge in [0.2, 0.25) is 0 Å². The van der Waals surface area contributed by atoms with Gasteiger partial charge in [-0.1, -0.05) is 59.1 Å². The van der Waals surface area contributed by atoms with E-state index in [1.165, 1.54) is 25.7 Å². The fourth-order valence-corrected chi connectivity index (χ4v) is 1.92. The number of allylic oxidation sites excluding steroid dienone is 2. The summed E-state index contributed by atoms with van der Waals surface area (Å²) in [4.78, 5) is 0. The molecule has 0 N–H and O–H groups in total. The predicted molar refractivity (Wildman–Crippen MR) is 66.5 cm³/mol. The maximum absolute atomic E-state index is 2.43. The van der Waals surface area contributed by atoms with Crippen LogP contribution < -0.4 is 0 Å². The zero-order valence-corrected chi connectivity index (χ0v) is 11.0. The number of hydrogen-bond donors (Lipinski definition) is 0. The lowest BCUT2D eigenvalue weighted by molar-refractivity contribution is 0.336. The quantitative estimate of drug-likeness (QED) is 0.512. The molecule has 0 fully saturated rings. The van der Waals surface area contributed by atoms with Crippen molar-refractivity contribution in [3.63, 3.8) is 0 Å². The van der Waals surface area contributed by atoms with Gasteiger partial charge in [-0.25, -0.2) is 0 Å². The number of rotatable bonds is 6. The maximum atomic E-state index is 2.43. The first-order valence-electron chi connectivity index (χ1n) is 6.15. The molecule has 0 aliphatic rings. The Labute approximate surface area is 90.8 Å². The van der Waals surface area contributed by atoms with Gasteiger partial charge in [0.15, 0.2) is 0 Å². The molecule has 0 saturated carbocycles. The molecule has 0 nitrogen and oxygen atoms in total. The Balaban J connectivity index is 4.49. The van der Waals surface area contributed by atoms with Gasteiger partial charge in [0, 0.05) is 0 Å². The lowest BCUT2D eigenvalue weighted by atomic mass is 9.75. The summed E-state index contributed by atoms with van der Waals surface area (Å²) >= 11 is 0. The zero-order valence-electron chi connectivity index (χ0n) is 11.0. The van der Waals surface area contributed by atoms with Crippen molar-refractivity contribution < 1.29 is 0 Å². The smallest absolute Gasteiger partial charge is 0.0122 e. The molecule has 0 aromatic heterocycles. The van der Waals surface area contributed by atoms with E-state index >= 15 is 0 Å². The molecule has 0 amide bonds. The summed E-state index contributed by atoms with van der Waals surface area (Å²) in [6.07, 6.45) is 7.70. The second-order valence-corrected chi connectivity index (χ2v) is 5.11. The van der Waals surface area contributed by atoms with E-state index in [0.29, 0.717) is 11.3 Å². The second kappa shape index (κ2) is 6.27. The van der Waals surface area contributed by atoms with E-state index < -0.39 is 0 Å². The van der Waals surface area contributed by atoms with Crippen molar-refractivity contribution in [3.8, 4) is 0 Å². The molecule has 0 aromatic carbocycles. The fraction of sp³-hybridized carbons (Fsp3) is 0.857. The van der Waals surface area contributed by atoms with Crippen LogP contribution in [0.4, 0.5) is 0 Å². The minimum absolute atomic E-state index is 0.445. The minimum atomic E-state index is 0.445. The highest BCUT2D eigenvalue weighted by molar-refractivity contribution is 5.11. The van der Waals surface area contributed by atoms with Gasteiger partial charge in [0.05, 0.1) is 0 Å². The second-order valence-electron chi connectivity index (χ2n) is 5.11. The predicted octanol–water partition coefficient (Wildman–Crippen LogP) is 5.20. The average molecular weight is 196 g/mol. The van der Waals surface area contributed by atoms with Crippen molar-refractivity contribution in [2.75, 3.05) is 0 Å². The third-order valence-corrected chi connectivity index (χ3v) is 3.40. The van der Waals surface area contributed by atoms with Crippen molar-refractivity contribution >= 4 is 0 Å². The van der Waals surface area contributed by atoms with E-state index in [0.717, 1.165) is 0 Å². The van der Waals surface area contributed by atoms with Crippen LogP contribution in [0, 0.1) is 11.3 Å². The molecular weight excluding hydrogens is 168 g/mol. The molecule has 0 aromatic rings. The van der Waals surface area contributed by atoms with Crippen LogP contribution in [0.3, 0.4) is 0 Å². The summed E-state index contributed by atoms with van der Waals surface area (Å²) in [6.45, 7) is 13.8. The maximum Gasteiger partial charge on any atom is -0.0122 e. The Hall–Kier alpha value is -0.260. The SMILES string of the molecule is CCCCC(C)(CC)C(C)=CC(C)C. The molecule has 0 bridgehead atoms. The van der Waals surface area contributed by atoms with Gasteiger partial charge in [-0.3, -0.25) is 0 Å². The Morgan fingerprint density at radius 2 is 1.86 bits per heavy atom. The van der Waals surface area contributed by atoms with Crippen molar-refractivity contribution in [2.45, 2.75) is 67.2 Å². The summed E-state index contributed by atoms with van der Waals surface area (Å²) in [6, 6.07) is 0. The zero-order chi connectivity index (χ0) is 11.2. The minimum Gasteiger partial charge on any atom is -0.0825 e. The summed E-state index contributed by atoms with van der Waals surface area (Å²) in [5, 5.41) is 0. The van der Waals surface area contributed by atoms with Gasteiger partial charge in [-0.15, -0.1) is 0 Å². The van der Waals surface area contributed by atoms with E-state index in [-0.39, 0.29) is 0 Å². The first-order chi connectivity index (χ1) is 6.46. The van der Waals surface area contributed by atoms with Crippen molar-refractivity contribution in [1.29, 1.82) is 0 Å². The van der Waals surface area contributed by atoms with Crippen molar-refractivity contribution in [2.24, 2.45) is 11.3 Å². The molecule has 0 saturated heterocycles. The number of hydrogen-bond acceptors (Lipinski definition) is 0. The standard InChI is InChI=1S/C14H28/c1-7-9-10-14(6,8-2)13(5)11-12(3)4/h11-12H,7-10H2,1-6H3. The first-order valence-corrected chi connectivity index (χ1v) is 6.15. The van der Waals surface area contributed by atoms with Crippen LogP contribution in [0.15, 0.2) is 11.6 Å². The lowest BCUT2D eigenvalue weighted by Crippen LogP contribution is -2.17. The number of unbranched alkanes of at least 4 members (excludes halogenated alkanes) is 1. The highest BCUT2D eigenvalue weighted by atomic mass is 14.3. The summed E-state index contributed by atoms with van der Waals surface area (Å²) in [5.41, 5.74) is 2.03. The highest BCUT2D eigenvalue weighted by Gasteiger charge is 2.23. The summed E-state index contributed by atoms with van der Waals surface area (Å²) in [7, 11) is 0. The van der Waals surface area contributed by atoms with Crippen LogP contribution in [0.1, 0.15) is 67.2 Å². The molecule has 0 aliphatic carbocycles. The van der Waals surface area contributed by atoms with E-state index in [4.69, 9.17) is 0 Å². The Kier molecular flexibility index (Phi) is 6.15. The van der Waals surface area contributed by atoms with Crippen LogP contribution in [0.2, 0.25) is 0 Å². The van der Waals surface area contributed by atoms with Crippen molar-refractivity contribution in [1.82, 2.24) is 0 Å². The van der Waals surface area contributed by atoms with Crippen LogP contribution in [-0.4, -0.2) is 0 Å². The molecule has 1 atom stereocenters. The Bertz CT molecular complexity index is 176. The van der Waals surface area contributed by atoms with Gasteiger partial charge in [0.25, 0.3) is 0 Å². The van der Waals surface area contributed by atoms with Crippen molar-refractivity contribution in [3.05, 3.63) is 11.6 Å². The molecule has 84 valence electrons. The third kappa shape index (κ3) is 4.30. The van der Waals surface area contributed by atoms with E-state index in [9.17, 15) is 0 Å². The molecule has 0 aliphatic heterocycles. The molecule has 0 spiro atoms. The van der Waals surface area contributed by atoms with Gasteiger partial charge in [0.1, 0.15) is 0 Å². The molecule has 1 unspecified atom stereocenters. The van der Waals surface area contributed by atoms with Crippen LogP contribution >= 0.6 is 0 Å². The first kappa shape index (κ1) is 13.7. The van der Waals surface area contributed by atoms with E-state index in [1.807, 2.05) is 0 Å². The van der Waals surface area contributed by atoms with Gasteiger partial charge in [-0.2, -0.15) is 0 Å². The third-order valence-electron chi connectivity index (χ3n) is 3.40. The van der Waals surface area contributed by atoms with Crippen LogP contribution in [0.5, 0.6) is 0 Å². The fourth-order valence-electron chi connectivity index (χ4n) is 1.92. The van der Waals surface area contributed by atoms with Gasteiger partial charge in [-0.05, 0) is 31.1 Å². The van der Waals surface area contributed by atoms with Gasteiger partial charge < -0.3 is 0 Å². The van der Waals surface area contributed by atoms with E-state index in [1.54, 1.807) is 5.57 Å². The molecule has 0 rings (SSSR count). The molecular formula is C14H28. The molecule has 0 heterocycles. The highest BCUT2D eigenvalue weighted by Crippen LogP contribution is 2.36. The van der Waals surface area contributed by atoms with Crippen LogP contribution in [-0.2, 0) is 0 Å². The van der Waals surface area contributed by atoms with Gasteiger partial charge >= 0.3 is 0 Å². The monoisotopic (exact) mass is 196 g/mol. The van der Waals surface area contributed by atoms with E-state index in [2.05, 4.69) is 47.6 Å². The largest absolute Gasteiger partial charge is 0.0825 e. The summed E-state index contributed by atoms with van der Waals surface area (Å²) in [5.74, 6) is 0.683. The molecule has 0 heteroatoms. The Morgan fingerprint density at radius 1 is 1.29 bits per heavy atom. The molecule has 14 heavy (non-hydrogen) atoms. The average Bonchev–Trinajstić information content (AvgIpc) is 2.13. The Morgan fingerprint density at radius 3 is 2.21 bits per heavy atom. The molecule has 0 radical (unpaired) electrons. The normalized spacial score (nSPS) is 17.2.